The van der Waals surface area contributed by atoms with E-state index in [9.17, 15) is 20.2 Å². The zero-order chi connectivity index (χ0) is 27.1. The van der Waals surface area contributed by atoms with Crippen molar-refractivity contribution in [2.24, 2.45) is 11.1 Å². The Kier molecular flexibility index (Phi) is 6.57. The maximum absolute atomic E-state index is 13.7. The molecule has 2 N–H and O–H groups in total. The summed E-state index contributed by atoms with van der Waals surface area (Å²) < 4.78 is 16.5. The lowest BCUT2D eigenvalue weighted by atomic mass is 9.68. The SMILES string of the molecule is COc1cc(N2C(N)=C(C#N)C(c3cccc([N+](=O)[O-])c3)C3=C2CC(C)(C)CC3=O)cc(OC)c1OC. The molecule has 0 aromatic heterocycles. The van der Waals surface area contributed by atoms with E-state index in [0.717, 1.165) is 0 Å². The van der Waals surface area contributed by atoms with Gasteiger partial charge >= 0.3 is 0 Å². The Hall–Kier alpha value is -4.52. The number of nitriles is 1. The first-order valence-corrected chi connectivity index (χ1v) is 11.6. The fraction of sp³-hybridized carbons (Fsp3) is 0.333. The zero-order valence-corrected chi connectivity index (χ0v) is 21.3. The molecule has 1 aliphatic carbocycles. The molecule has 0 saturated carbocycles. The zero-order valence-electron chi connectivity index (χ0n) is 21.3. The van der Waals surface area contributed by atoms with Crippen molar-refractivity contribution >= 4 is 17.2 Å². The average molecular weight is 505 g/mol. The van der Waals surface area contributed by atoms with Gasteiger partial charge in [0, 0.05) is 42.0 Å². The van der Waals surface area contributed by atoms with Crippen LogP contribution in [0.4, 0.5) is 11.4 Å². The van der Waals surface area contributed by atoms with Crippen molar-refractivity contribution in [2.75, 3.05) is 26.2 Å². The number of ketones is 1. The van der Waals surface area contributed by atoms with E-state index in [1.807, 2.05) is 13.8 Å². The number of hydrogen-bond donors (Lipinski definition) is 1. The van der Waals surface area contributed by atoms with Crippen LogP contribution in [0, 0.1) is 26.9 Å². The second kappa shape index (κ2) is 9.50. The van der Waals surface area contributed by atoms with Crippen molar-refractivity contribution in [3.05, 3.63) is 74.7 Å². The van der Waals surface area contributed by atoms with Gasteiger partial charge in [0.1, 0.15) is 5.82 Å². The summed E-state index contributed by atoms with van der Waals surface area (Å²) in [5.41, 5.74) is 8.30. The van der Waals surface area contributed by atoms with Gasteiger partial charge < -0.3 is 19.9 Å². The first-order chi connectivity index (χ1) is 17.6. The second-order valence-corrected chi connectivity index (χ2v) is 9.72. The lowest BCUT2D eigenvalue weighted by Crippen LogP contribution is -2.42. The molecule has 0 amide bonds. The van der Waals surface area contributed by atoms with Crippen molar-refractivity contribution < 1.29 is 23.9 Å². The Balaban J connectivity index is 2.03. The molecule has 0 bridgehead atoms. The van der Waals surface area contributed by atoms with Crippen LogP contribution in [-0.2, 0) is 4.79 Å². The third kappa shape index (κ3) is 4.33. The Morgan fingerprint density at radius 3 is 2.30 bits per heavy atom. The molecule has 1 heterocycles. The van der Waals surface area contributed by atoms with Gasteiger partial charge in [-0.15, -0.1) is 0 Å². The van der Waals surface area contributed by atoms with E-state index in [1.54, 1.807) is 29.2 Å². The van der Waals surface area contributed by atoms with Gasteiger partial charge in [0.2, 0.25) is 5.75 Å². The molecule has 10 nitrogen and oxygen atoms in total. The Morgan fingerprint density at radius 2 is 1.76 bits per heavy atom. The van der Waals surface area contributed by atoms with Crippen LogP contribution in [0.15, 0.2) is 59.1 Å². The summed E-state index contributed by atoms with van der Waals surface area (Å²) in [4.78, 5) is 26.3. The number of methoxy groups -OCH3 is 3. The van der Waals surface area contributed by atoms with E-state index < -0.39 is 10.8 Å². The summed E-state index contributed by atoms with van der Waals surface area (Å²) in [5.74, 6) is 0.303. The molecule has 2 aromatic carbocycles. The normalized spacial score (nSPS) is 18.8. The molecular formula is C27H28N4O6. The van der Waals surface area contributed by atoms with Crippen LogP contribution in [0.1, 0.15) is 38.2 Å². The Morgan fingerprint density at radius 1 is 1.11 bits per heavy atom. The maximum atomic E-state index is 13.7. The van der Waals surface area contributed by atoms with Gasteiger partial charge in [0.05, 0.1) is 49.5 Å². The van der Waals surface area contributed by atoms with Crippen LogP contribution in [0.2, 0.25) is 0 Å². The first kappa shape index (κ1) is 25.6. The fourth-order valence-corrected chi connectivity index (χ4v) is 5.15. The predicted octanol–water partition coefficient (Wildman–Crippen LogP) is 4.56. The summed E-state index contributed by atoms with van der Waals surface area (Å²) in [6, 6.07) is 11.6. The number of carbonyl (C=O) groups excluding carboxylic acids is 1. The quantitative estimate of drug-likeness (QED) is 0.442. The van der Waals surface area contributed by atoms with Gasteiger partial charge in [-0.2, -0.15) is 5.26 Å². The number of nitro groups is 1. The van der Waals surface area contributed by atoms with E-state index in [4.69, 9.17) is 19.9 Å². The topological polar surface area (TPSA) is 141 Å². The van der Waals surface area contributed by atoms with Crippen LogP contribution >= 0.6 is 0 Å². The van der Waals surface area contributed by atoms with Gasteiger partial charge in [-0.1, -0.05) is 26.0 Å². The van der Waals surface area contributed by atoms with Gasteiger partial charge in [0.25, 0.3) is 5.69 Å². The van der Waals surface area contributed by atoms with E-state index in [1.165, 1.54) is 33.5 Å². The standard InChI is InChI=1S/C27H28N4O6/c1-27(2)12-19-24(20(32)13-27)23(15-7-6-8-16(9-15)31(33)34)18(14-28)26(29)30(19)17-10-21(35-3)25(37-5)22(11-17)36-4/h6-11,23H,12-13,29H2,1-5H3. The predicted molar refractivity (Wildman–Crippen MR) is 136 cm³/mol. The van der Waals surface area contributed by atoms with E-state index in [0.29, 0.717) is 46.2 Å². The number of nitrogens with two attached hydrogens (primary N) is 1. The molecule has 1 aliphatic heterocycles. The largest absolute Gasteiger partial charge is 0.493 e. The summed E-state index contributed by atoms with van der Waals surface area (Å²) >= 11 is 0. The van der Waals surface area contributed by atoms with Gasteiger partial charge in [-0.05, 0) is 17.4 Å². The minimum atomic E-state index is -0.832. The summed E-state index contributed by atoms with van der Waals surface area (Å²) in [7, 11) is 4.48. The van der Waals surface area contributed by atoms with E-state index in [2.05, 4.69) is 6.07 Å². The third-order valence-electron chi connectivity index (χ3n) is 6.70. The second-order valence-electron chi connectivity index (χ2n) is 9.72. The van der Waals surface area contributed by atoms with Crippen LogP contribution < -0.4 is 24.8 Å². The number of allylic oxidation sites excluding steroid dienone is 3. The number of nitro benzene ring substituents is 1. The number of anilines is 1. The highest BCUT2D eigenvalue weighted by atomic mass is 16.6. The molecule has 192 valence electrons. The minimum absolute atomic E-state index is 0.123. The van der Waals surface area contributed by atoms with Crippen molar-refractivity contribution in [3.63, 3.8) is 0 Å². The molecule has 2 aliphatic rings. The summed E-state index contributed by atoms with van der Waals surface area (Å²) in [6.45, 7) is 3.98. The van der Waals surface area contributed by atoms with Crippen molar-refractivity contribution in [1.82, 2.24) is 0 Å². The molecule has 0 fully saturated rings. The highest BCUT2D eigenvalue weighted by Gasteiger charge is 2.45. The van der Waals surface area contributed by atoms with Crippen LogP contribution in [0.3, 0.4) is 0 Å². The van der Waals surface area contributed by atoms with Crippen LogP contribution in [0.25, 0.3) is 0 Å². The number of rotatable bonds is 6. The van der Waals surface area contributed by atoms with Gasteiger partial charge in [-0.25, -0.2) is 0 Å². The number of hydrogen-bond acceptors (Lipinski definition) is 9. The lowest BCUT2D eigenvalue weighted by Gasteiger charge is -2.43. The van der Waals surface area contributed by atoms with E-state index in [-0.39, 0.29) is 34.7 Å². The monoisotopic (exact) mass is 504 g/mol. The molecule has 2 aromatic rings. The third-order valence-corrected chi connectivity index (χ3v) is 6.70. The Labute approximate surface area is 214 Å². The minimum Gasteiger partial charge on any atom is -0.493 e. The molecule has 0 saturated heterocycles. The Bertz CT molecular complexity index is 1380. The number of benzene rings is 2. The maximum Gasteiger partial charge on any atom is 0.269 e. The lowest BCUT2D eigenvalue weighted by molar-refractivity contribution is -0.384. The number of non-ortho nitro benzene ring substituents is 1. The van der Waals surface area contributed by atoms with Crippen LogP contribution in [0.5, 0.6) is 17.2 Å². The smallest absolute Gasteiger partial charge is 0.269 e. The van der Waals surface area contributed by atoms with Crippen molar-refractivity contribution in [2.45, 2.75) is 32.6 Å². The molecule has 0 spiro atoms. The number of nitrogens with zero attached hydrogens (tertiary/aromatic N) is 3. The summed E-state index contributed by atoms with van der Waals surface area (Å²) in [5, 5.41) is 21.7. The highest BCUT2D eigenvalue weighted by molar-refractivity contribution is 6.01. The molecule has 4 rings (SSSR count). The molecule has 0 radical (unpaired) electrons. The molecule has 37 heavy (non-hydrogen) atoms. The first-order valence-electron chi connectivity index (χ1n) is 11.6. The van der Waals surface area contributed by atoms with Crippen LogP contribution in [-0.4, -0.2) is 32.0 Å². The van der Waals surface area contributed by atoms with Crippen molar-refractivity contribution in [1.29, 1.82) is 5.26 Å². The molecular weight excluding hydrogens is 476 g/mol. The number of Topliss-reactive ketones (excluding diaryl/α,β-unsaturated/α-hetero) is 1. The molecule has 1 unspecified atom stereocenters. The highest BCUT2D eigenvalue weighted by Crippen LogP contribution is 2.52. The number of carbonyl (C=O) groups is 1. The number of ether oxygens (including phenoxy) is 3. The fourth-order valence-electron chi connectivity index (χ4n) is 5.15. The summed E-state index contributed by atoms with van der Waals surface area (Å²) in [6.07, 6.45) is 0.745. The average Bonchev–Trinajstić information content (AvgIpc) is 2.86. The van der Waals surface area contributed by atoms with Crippen molar-refractivity contribution in [3.8, 4) is 23.3 Å². The van der Waals surface area contributed by atoms with Gasteiger partial charge in [0.15, 0.2) is 17.3 Å². The molecule has 10 heteroatoms. The van der Waals surface area contributed by atoms with Gasteiger partial charge in [-0.3, -0.25) is 19.8 Å². The molecule has 1 atom stereocenters. The van der Waals surface area contributed by atoms with E-state index >= 15 is 0 Å².